The largest absolute Gasteiger partial charge is 0.472 e. The predicted molar refractivity (Wildman–Crippen MR) is 220 cm³/mol. The maximum atomic E-state index is 12.1. The number of rotatable bonds is 39. The van der Waals surface area contributed by atoms with E-state index in [-0.39, 0.29) is 32.1 Å². The van der Waals surface area contributed by atoms with Crippen molar-refractivity contribution in [1.29, 1.82) is 0 Å². The molecule has 9 nitrogen and oxygen atoms in total. The summed E-state index contributed by atoms with van der Waals surface area (Å²) in [5.74, 6) is -0.531. The first-order valence-corrected chi connectivity index (χ1v) is 22.6. The van der Waals surface area contributed by atoms with Gasteiger partial charge in [0.15, 0.2) is 0 Å². The van der Waals surface area contributed by atoms with E-state index >= 15 is 0 Å². The molecule has 0 aromatic carbocycles. The van der Waals surface area contributed by atoms with Gasteiger partial charge in [-0.15, -0.1) is 0 Å². The molecule has 0 aromatic rings. The van der Waals surface area contributed by atoms with Crippen molar-refractivity contribution >= 4 is 19.7 Å². The maximum Gasteiger partial charge on any atom is 0.472 e. The van der Waals surface area contributed by atoms with Crippen LogP contribution in [0.3, 0.4) is 0 Å². The summed E-state index contributed by atoms with van der Waals surface area (Å²) in [6, 6.07) is 0. The van der Waals surface area contributed by atoms with Crippen LogP contribution < -0.4 is 5.32 Å². The number of allylic oxidation sites excluding steroid dienone is 8. The second-order valence-electron chi connectivity index (χ2n) is 14.0. The van der Waals surface area contributed by atoms with Crippen molar-refractivity contribution in [1.82, 2.24) is 5.32 Å². The van der Waals surface area contributed by atoms with Crippen LogP contribution >= 0.6 is 7.82 Å². The Morgan fingerprint density at radius 1 is 0.585 bits per heavy atom. The average molecular weight is 768 g/mol. The van der Waals surface area contributed by atoms with Crippen molar-refractivity contribution < 1.29 is 37.9 Å². The van der Waals surface area contributed by atoms with Gasteiger partial charge in [0.1, 0.15) is 12.7 Å². The third-order valence-electron chi connectivity index (χ3n) is 8.76. The van der Waals surface area contributed by atoms with Crippen molar-refractivity contribution in [2.45, 2.75) is 187 Å². The van der Waals surface area contributed by atoms with E-state index in [9.17, 15) is 24.2 Å². The molecule has 1 amide bonds. The zero-order chi connectivity index (χ0) is 38.9. The van der Waals surface area contributed by atoms with Crippen molar-refractivity contribution in [2.24, 2.45) is 0 Å². The standard InChI is InChI=1S/C43H78NO8P/c1-3-5-7-9-11-13-14-15-16-17-18-19-20-21-22-23-24-25-26-28-29-31-33-35-42(46)44-37-38-51-53(48,49)52-40-41(45)39-50-43(47)36-34-32-30-27-12-10-8-6-4-2/h11,13,15-16,18-19,21-22,41,45H,3-10,12,14,17,20,23-40H2,1-2H3,(H,44,46)(H,48,49)/b13-11-,16-15-,19-18-,22-21-. The van der Waals surface area contributed by atoms with Gasteiger partial charge in [0, 0.05) is 19.4 Å². The van der Waals surface area contributed by atoms with Gasteiger partial charge in [-0.05, 0) is 57.8 Å². The molecule has 0 aliphatic heterocycles. The summed E-state index contributed by atoms with van der Waals surface area (Å²) < 4.78 is 26.8. The second-order valence-corrected chi connectivity index (χ2v) is 15.4. The maximum absolute atomic E-state index is 12.1. The Labute approximate surface area is 324 Å². The van der Waals surface area contributed by atoms with Gasteiger partial charge in [0.05, 0.1) is 13.2 Å². The van der Waals surface area contributed by atoms with Crippen molar-refractivity contribution in [2.75, 3.05) is 26.4 Å². The van der Waals surface area contributed by atoms with Gasteiger partial charge in [-0.3, -0.25) is 18.6 Å². The molecule has 308 valence electrons. The summed E-state index contributed by atoms with van der Waals surface area (Å²) in [5, 5.41) is 12.6. The van der Waals surface area contributed by atoms with Crippen LogP contribution in [0, 0.1) is 0 Å². The summed E-state index contributed by atoms with van der Waals surface area (Å²) in [5.41, 5.74) is 0. The van der Waals surface area contributed by atoms with Gasteiger partial charge in [-0.2, -0.15) is 0 Å². The highest BCUT2D eigenvalue weighted by molar-refractivity contribution is 7.47. The molecule has 53 heavy (non-hydrogen) atoms. The van der Waals surface area contributed by atoms with E-state index in [0.29, 0.717) is 6.42 Å². The molecular formula is C43H78NO8P. The zero-order valence-electron chi connectivity index (χ0n) is 33.7. The Morgan fingerprint density at radius 2 is 1.02 bits per heavy atom. The topological polar surface area (TPSA) is 131 Å². The number of phosphoric ester groups is 1. The van der Waals surface area contributed by atoms with Crippen molar-refractivity contribution in [3.63, 3.8) is 0 Å². The van der Waals surface area contributed by atoms with Crippen LogP contribution in [0.15, 0.2) is 48.6 Å². The van der Waals surface area contributed by atoms with Gasteiger partial charge < -0.3 is 20.1 Å². The molecule has 0 spiro atoms. The first kappa shape index (κ1) is 51.0. The number of hydrogen-bond donors (Lipinski definition) is 3. The molecule has 0 radical (unpaired) electrons. The lowest BCUT2D eigenvalue weighted by atomic mass is 10.1. The summed E-state index contributed by atoms with van der Waals surface area (Å²) in [6.45, 7) is 3.48. The van der Waals surface area contributed by atoms with E-state index in [4.69, 9.17) is 13.8 Å². The third-order valence-corrected chi connectivity index (χ3v) is 9.75. The molecule has 0 rings (SSSR count). The highest BCUT2D eigenvalue weighted by Gasteiger charge is 2.23. The number of aliphatic hydroxyl groups excluding tert-OH is 1. The fraction of sp³-hybridized carbons (Fsp3) is 0.767. The predicted octanol–water partition coefficient (Wildman–Crippen LogP) is 11.5. The Hall–Kier alpha value is -2.03. The normalized spacial score (nSPS) is 13.8. The highest BCUT2D eigenvalue weighted by Crippen LogP contribution is 2.42. The van der Waals surface area contributed by atoms with Gasteiger partial charge in [0.25, 0.3) is 0 Å². The van der Waals surface area contributed by atoms with Crippen LogP contribution in [0.25, 0.3) is 0 Å². The van der Waals surface area contributed by atoms with Crippen LogP contribution in [-0.2, 0) is 27.9 Å². The Kier molecular flexibility index (Phi) is 38.1. The lowest BCUT2D eigenvalue weighted by molar-refractivity contribution is -0.147. The number of nitrogens with one attached hydrogen (secondary N) is 1. The van der Waals surface area contributed by atoms with E-state index in [1.165, 1.54) is 89.9 Å². The summed E-state index contributed by atoms with van der Waals surface area (Å²) in [6.07, 6.45) is 44.8. The number of ether oxygens (including phenoxy) is 1. The number of phosphoric acid groups is 1. The summed E-state index contributed by atoms with van der Waals surface area (Å²) in [7, 11) is -4.41. The molecule has 10 heteroatoms. The van der Waals surface area contributed by atoms with Crippen LogP contribution in [-0.4, -0.2) is 54.3 Å². The minimum absolute atomic E-state index is 0.0746. The van der Waals surface area contributed by atoms with Crippen molar-refractivity contribution in [3.8, 4) is 0 Å². The number of unbranched alkanes of at least 4 members (excludes halogenated alkanes) is 18. The van der Waals surface area contributed by atoms with Crippen LogP contribution in [0.2, 0.25) is 0 Å². The molecule has 3 N–H and O–H groups in total. The van der Waals surface area contributed by atoms with Gasteiger partial charge in [0.2, 0.25) is 5.91 Å². The van der Waals surface area contributed by atoms with Gasteiger partial charge in [-0.1, -0.05) is 159 Å². The Balaban J connectivity index is 3.61. The smallest absolute Gasteiger partial charge is 0.463 e. The van der Waals surface area contributed by atoms with Gasteiger partial charge in [-0.25, -0.2) is 4.57 Å². The first-order valence-electron chi connectivity index (χ1n) is 21.1. The molecule has 0 heterocycles. The van der Waals surface area contributed by atoms with Gasteiger partial charge >= 0.3 is 13.8 Å². The average Bonchev–Trinajstić information content (AvgIpc) is 3.14. The van der Waals surface area contributed by atoms with E-state index in [2.05, 4.69) is 67.8 Å². The molecule has 0 aliphatic rings. The van der Waals surface area contributed by atoms with E-state index in [1.807, 2.05) is 0 Å². The van der Waals surface area contributed by atoms with Crippen LogP contribution in [0.1, 0.15) is 181 Å². The number of amides is 1. The lowest BCUT2D eigenvalue weighted by Crippen LogP contribution is -2.27. The number of aliphatic hydroxyl groups is 1. The Bertz CT molecular complexity index is 1010. The van der Waals surface area contributed by atoms with E-state index in [0.717, 1.165) is 64.2 Å². The monoisotopic (exact) mass is 768 g/mol. The lowest BCUT2D eigenvalue weighted by Gasteiger charge is -2.15. The molecule has 0 aromatic heterocycles. The molecule has 0 aliphatic carbocycles. The fourth-order valence-electron chi connectivity index (χ4n) is 5.54. The third kappa shape index (κ3) is 41.0. The first-order chi connectivity index (χ1) is 25.8. The molecule has 0 saturated carbocycles. The number of esters is 1. The molecule has 2 unspecified atom stereocenters. The zero-order valence-corrected chi connectivity index (χ0v) is 34.6. The van der Waals surface area contributed by atoms with E-state index in [1.54, 1.807) is 0 Å². The molecule has 2 atom stereocenters. The minimum Gasteiger partial charge on any atom is -0.463 e. The van der Waals surface area contributed by atoms with Crippen LogP contribution in [0.5, 0.6) is 0 Å². The molecular weight excluding hydrogens is 689 g/mol. The molecule has 0 fully saturated rings. The van der Waals surface area contributed by atoms with Crippen LogP contribution in [0.4, 0.5) is 0 Å². The Morgan fingerprint density at radius 3 is 1.57 bits per heavy atom. The summed E-state index contributed by atoms with van der Waals surface area (Å²) in [4.78, 5) is 33.8. The fourth-order valence-corrected chi connectivity index (χ4v) is 6.30. The molecule has 0 bridgehead atoms. The summed E-state index contributed by atoms with van der Waals surface area (Å²) >= 11 is 0. The second kappa shape index (κ2) is 39.7. The number of carbonyl (C=O) groups is 2. The number of hydrogen-bond acceptors (Lipinski definition) is 7. The molecule has 0 saturated heterocycles. The highest BCUT2D eigenvalue weighted by atomic mass is 31.2. The minimum atomic E-state index is -4.41. The SMILES string of the molecule is CCCCC/C=C\C/C=C\C/C=C\C/C=C\CCCCCCCCCC(=O)NCCOP(=O)(O)OCC(O)COC(=O)CCCCCCCCCCC. The quantitative estimate of drug-likeness (QED) is 0.0244. The van der Waals surface area contributed by atoms with E-state index < -0.39 is 26.5 Å². The number of carbonyl (C=O) groups excluding carboxylic acids is 2. The van der Waals surface area contributed by atoms with Crippen molar-refractivity contribution in [3.05, 3.63) is 48.6 Å².